The van der Waals surface area contributed by atoms with E-state index in [4.69, 9.17) is 4.84 Å². The molecule has 2 aliphatic rings. The number of hydrogen-bond acceptors (Lipinski definition) is 4. The molecule has 0 radical (unpaired) electrons. The number of carbonyl (C=O) groups excluding carboxylic acids is 2. The van der Waals surface area contributed by atoms with Crippen LogP contribution in [0.3, 0.4) is 0 Å². The van der Waals surface area contributed by atoms with Crippen LogP contribution in [0, 0.1) is 0 Å². The van der Waals surface area contributed by atoms with Gasteiger partial charge in [-0.1, -0.05) is 6.42 Å². The molecule has 2 saturated heterocycles. The largest absolute Gasteiger partial charge is 0.342 e. The highest BCUT2D eigenvalue weighted by Gasteiger charge is 2.27. The monoisotopic (exact) mass is 241 g/mol. The van der Waals surface area contributed by atoms with Gasteiger partial charge in [-0.3, -0.25) is 14.4 Å². The molecule has 1 unspecified atom stereocenters. The third kappa shape index (κ3) is 3.67. The van der Waals surface area contributed by atoms with Crippen LogP contribution in [0.4, 0.5) is 0 Å². The lowest BCUT2D eigenvalue weighted by Crippen LogP contribution is -2.42. The fourth-order valence-corrected chi connectivity index (χ4v) is 2.19. The van der Waals surface area contributed by atoms with Crippen molar-refractivity contribution in [1.29, 1.82) is 0 Å². The van der Waals surface area contributed by atoms with Crippen molar-refractivity contribution in [3.05, 3.63) is 0 Å². The van der Waals surface area contributed by atoms with E-state index < -0.39 is 6.04 Å². The van der Waals surface area contributed by atoms with Crippen molar-refractivity contribution in [3.63, 3.8) is 0 Å². The Morgan fingerprint density at radius 3 is 3.00 bits per heavy atom. The minimum Gasteiger partial charge on any atom is -0.342 e. The Balaban J connectivity index is 1.64. The highest BCUT2D eigenvalue weighted by molar-refractivity contribution is 5.88. The minimum atomic E-state index is -0.526. The number of hydrogen-bond donors (Lipinski definition) is 3. The molecule has 0 spiro atoms. The molecule has 0 aromatic rings. The number of piperidine rings is 1. The van der Waals surface area contributed by atoms with Crippen molar-refractivity contribution in [2.45, 2.75) is 44.2 Å². The Morgan fingerprint density at radius 2 is 2.35 bits per heavy atom. The number of nitrogens with one attached hydrogen (secondary N) is 3. The summed E-state index contributed by atoms with van der Waals surface area (Å²) in [5.74, 6) is -0.350. The van der Waals surface area contributed by atoms with Gasteiger partial charge in [0, 0.05) is 12.5 Å². The third-order valence-electron chi connectivity index (χ3n) is 3.21. The maximum atomic E-state index is 11.6. The summed E-state index contributed by atoms with van der Waals surface area (Å²) in [5.41, 5.74) is 2.21. The minimum absolute atomic E-state index is 0.0805. The first kappa shape index (κ1) is 12.3. The van der Waals surface area contributed by atoms with Crippen molar-refractivity contribution in [3.8, 4) is 0 Å². The molecule has 2 amide bonds. The molecule has 2 atom stereocenters. The van der Waals surface area contributed by atoms with Gasteiger partial charge in [0.15, 0.2) is 0 Å². The fourth-order valence-electron chi connectivity index (χ4n) is 2.19. The van der Waals surface area contributed by atoms with Crippen LogP contribution in [0.5, 0.6) is 0 Å². The Morgan fingerprint density at radius 1 is 1.47 bits per heavy atom. The first-order chi connectivity index (χ1) is 8.25. The molecule has 3 N–H and O–H groups in total. The molecular weight excluding hydrogens is 222 g/mol. The molecule has 6 heteroatoms. The Bertz CT molecular complexity index is 290. The molecule has 2 rings (SSSR count). The fraction of sp³-hybridized carbons (Fsp3) is 0.818. The van der Waals surface area contributed by atoms with Crippen LogP contribution in [0.1, 0.15) is 32.1 Å². The van der Waals surface area contributed by atoms with E-state index in [1.807, 2.05) is 0 Å². The standard InChI is InChI=1S/C11H19N3O3/c15-10(13-9-7-17-14-11(9)16)5-4-8-3-1-2-6-12-8/h8-9,12H,1-7H2,(H,13,15)(H,14,16)/t8?,9-/m1/s1. The molecule has 2 aliphatic heterocycles. The van der Waals surface area contributed by atoms with E-state index in [2.05, 4.69) is 16.1 Å². The van der Waals surface area contributed by atoms with Crippen molar-refractivity contribution in [1.82, 2.24) is 16.1 Å². The van der Waals surface area contributed by atoms with Gasteiger partial charge in [0.1, 0.15) is 12.6 Å². The zero-order valence-corrected chi connectivity index (χ0v) is 9.83. The predicted octanol–water partition coefficient (Wildman–Crippen LogP) is -0.545. The lowest BCUT2D eigenvalue weighted by Gasteiger charge is -2.23. The summed E-state index contributed by atoms with van der Waals surface area (Å²) >= 11 is 0. The molecule has 0 aromatic heterocycles. The molecule has 96 valence electrons. The van der Waals surface area contributed by atoms with Gasteiger partial charge < -0.3 is 10.6 Å². The number of carbonyl (C=O) groups is 2. The second-order valence-electron chi connectivity index (χ2n) is 4.58. The smallest absolute Gasteiger partial charge is 0.268 e. The highest BCUT2D eigenvalue weighted by Crippen LogP contribution is 2.11. The maximum Gasteiger partial charge on any atom is 0.268 e. The number of rotatable bonds is 4. The van der Waals surface area contributed by atoms with E-state index in [0.717, 1.165) is 19.4 Å². The highest BCUT2D eigenvalue weighted by atomic mass is 16.7. The third-order valence-corrected chi connectivity index (χ3v) is 3.21. The summed E-state index contributed by atoms with van der Waals surface area (Å²) < 4.78 is 0. The maximum absolute atomic E-state index is 11.6. The molecule has 0 saturated carbocycles. The van der Waals surface area contributed by atoms with Gasteiger partial charge >= 0.3 is 0 Å². The summed E-state index contributed by atoms with van der Waals surface area (Å²) in [5, 5.41) is 6.06. The lowest BCUT2D eigenvalue weighted by atomic mass is 10.0. The van der Waals surface area contributed by atoms with Crippen LogP contribution >= 0.6 is 0 Å². The van der Waals surface area contributed by atoms with Crippen molar-refractivity contribution in [2.24, 2.45) is 0 Å². The zero-order valence-electron chi connectivity index (χ0n) is 9.83. The summed E-state index contributed by atoms with van der Waals surface area (Å²) in [6, 6.07) is -0.0787. The van der Waals surface area contributed by atoms with Crippen LogP contribution in [0.25, 0.3) is 0 Å². The number of amides is 2. The average molecular weight is 241 g/mol. The first-order valence-corrected chi connectivity index (χ1v) is 6.20. The zero-order chi connectivity index (χ0) is 12.1. The van der Waals surface area contributed by atoms with E-state index in [1.54, 1.807) is 0 Å². The van der Waals surface area contributed by atoms with Crippen LogP contribution in [-0.2, 0) is 14.4 Å². The molecule has 0 aromatic carbocycles. The van der Waals surface area contributed by atoms with E-state index in [0.29, 0.717) is 12.5 Å². The molecule has 2 fully saturated rings. The SMILES string of the molecule is O=C(CCC1CCCCN1)N[C@@H]1CONC1=O. The molecule has 2 heterocycles. The second-order valence-corrected chi connectivity index (χ2v) is 4.58. The van der Waals surface area contributed by atoms with Crippen molar-refractivity contribution in [2.75, 3.05) is 13.2 Å². The lowest BCUT2D eigenvalue weighted by molar-refractivity contribution is -0.128. The van der Waals surface area contributed by atoms with Gasteiger partial charge in [-0.2, -0.15) is 0 Å². The van der Waals surface area contributed by atoms with Gasteiger partial charge in [-0.25, -0.2) is 5.48 Å². The van der Waals surface area contributed by atoms with E-state index in [9.17, 15) is 9.59 Å². The van der Waals surface area contributed by atoms with Crippen LogP contribution in [0.2, 0.25) is 0 Å². The summed E-state index contributed by atoms with van der Waals surface area (Å²) in [6.07, 6.45) is 4.89. The summed E-state index contributed by atoms with van der Waals surface area (Å²) in [7, 11) is 0. The summed E-state index contributed by atoms with van der Waals surface area (Å²) in [4.78, 5) is 27.5. The van der Waals surface area contributed by atoms with Gasteiger partial charge in [-0.05, 0) is 25.8 Å². The molecular formula is C11H19N3O3. The van der Waals surface area contributed by atoms with E-state index >= 15 is 0 Å². The van der Waals surface area contributed by atoms with Gasteiger partial charge in [0.05, 0.1) is 0 Å². The van der Waals surface area contributed by atoms with Crippen LogP contribution in [-0.4, -0.2) is 37.0 Å². The first-order valence-electron chi connectivity index (χ1n) is 6.20. The van der Waals surface area contributed by atoms with Crippen LogP contribution < -0.4 is 16.1 Å². The van der Waals surface area contributed by atoms with Crippen molar-refractivity contribution >= 4 is 11.8 Å². The molecule has 0 bridgehead atoms. The van der Waals surface area contributed by atoms with Gasteiger partial charge in [0.25, 0.3) is 5.91 Å². The number of hydroxylamine groups is 1. The van der Waals surface area contributed by atoms with E-state index in [1.165, 1.54) is 12.8 Å². The Hall–Kier alpha value is -1.14. The molecule has 17 heavy (non-hydrogen) atoms. The Kier molecular flexibility index (Phi) is 4.33. The molecule has 6 nitrogen and oxygen atoms in total. The van der Waals surface area contributed by atoms with Crippen LogP contribution in [0.15, 0.2) is 0 Å². The Labute approximate surface area is 100 Å². The quantitative estimate of drug-likeness (QED) is 0.617. The normalized spacial score (nSPS) is 28.8. The second kappa shape index (κ2) is 5.97. The molecule has 0 aliphatic carbocycles. The average Bonchev–Trinajstić information content (AvgIpc) is 2.74. The summed E-state index contributed by atoms with van der Waals surface area (Å²) in [6.45, 7) is 1.26. The van der Waals surface area contributed by atoms with E-state index in [-0.39, 0.29) is 18.4 Å². The topological polar surface area (TPSA) is 79.5 Å². The van der Waals surface area contributed by atoms with Crippen molar-refractivity contribution < 1.29 is 14.4 Å². The predicted molar refractivity (Wildman–Crippen MR) is 60.9 cm³/mol. The van der Waals surface area contributed by atoms with Gasteiger partial charge in [0.2, 0.25) is 5.91 Å². The van der Waals surface area contributed by atoms with Gasteiger partial charge in [-0.15, -0.1) is 0 Å².